The van der Waals surface area contributed by atoms with Crippen LogP contribution < -0.4 is 4.74 Å². The van der Waals surface area contributed by atoms with Gasteiger partial charge in [-0.05, 0) is 36.0 Å². The number of amides is 1. The third-order valence-electron chi connectivity index (χ3n) is 3.72. The van der Waals surface area contributed by atoms with Gasteiger partial charge in [-0.3, -0.25) is 8.98 Å². The maximum Gasteiger partial charge on any atom is 0.267 e. The molecule has 2 atom stereocenters. The van der Waals surface area contributed by atoms with Crippen LogP contribution in [0.4, 0.5) is 0 Å². The van der Waals surface area contributed by atoms with Crippen molar-refractivity contribution in [3.8, 4) is 5.75 Å². The monoisotopic (exact) mass is 387 g/mol. The zero-order chi connectivity index (χ0) is 18.4. The fourth-order valence-corrected chi connectivity index (χ4v) is 3.69. The summed E-state index contributed by atoms with van der Waals surface area (Å²) in [6.45, 7) is 6.85. The summed E-state index contributed by atoms with van der Waals surface area (Å²) in [7, 11) is 0. The minimum absolute atomic E-state index is 0.130. The van der Waals surface area contributed by atoms with Crippen LogP contribution in [0.15, 0.2) is 24.3 Å². The molecule has 0 spiro atoms. The van der Waals surface area contributed by atoms with Crippen LogP contribution in [0.5, 0.6) is 5.75 Å². The number of benzene rings is 1. The third-order valence-corrected chi connectivity index (χ3v) is 5.15. The number of alkyl halides is 1. The Hall–Kier alpha value is -1.11. The molecule has 0 aliphatic carbocycles. The molecule has 1 aromatic rings. The molecule has 1 amide bonds. The van der Waals surface area contributed by atoms with Crippen LogP contribution in [0, 0.1) is 5.41 Å². The zero-order valence-corrected chi connectivity index (χ0v) is 16.6. The summed E-state index contributed by atoms with van der Waals surface area (Å²) in [5, 5.41) is 0. The summed E-state index contributed by atoms with van der Waals surface area (Å²) in [6.07, 6.45) is 1.74. The summed E-state index contributed by atoms with van der Waals surface area (Å²) >= 11 is 3.94. The highest BCUT2D eigenvalue weighted by molar-refractivity contribution is 7.78. The topological polar surface area (TPSA) is 55.8 Å². The van der Waals surface area contributed by atoms with Crippen molar-refractivity contribution in [2.24, 2.45) is 5.41 Å². The van der Waals surface area contributed by atoms with Crippen LogP contribution in [-0.4, -0.2) is 39.6 Å². The molecule has 1 aromatic carbocycles. The standard InChI is InChI=1S/C18H26ClNO4S/c1-18(2,3)12-17(21)20-15(13-24-25(20)22)11-14-5-7-16(8-6-14)23-10-4-9-19/h5-8,15H,4,9-13H2,1-3H3/t15-,25?/m0/s1. The van der Waals surface area contributed by atoms with E-state index in [0.29, 0.717) is 25.3 Å². The second-order valence-corrected chi connectivity index (χ2v) is 8.79. The van der Waals surface area contributed by atoms with Crippen LogP contribution >= 0.6 is 11.6 Å². The summed E-state index contributed by atoms with van der Waals surface area (Å²) in [6, 6.07) is 7.52. The van der Waals surface area contributed by atoms with Gasteiger partial charge in [-0.15, -0.1) is 11.6 Å². The van der Waals surface area contributed by atoms with Gasteiger partial charge in [-0.1, -0.05) is 32.9 Å². The lowest BCUT2D eigenvalue weighted by atomic mass is 9.91. The summed E-state index contributed by atoms with van der Waals surface area (Å²) in [4.78, 5) is 12.5. The van der Waals surface area contributed by atoms with E-state index in [1.54, 1.807) is 0 Å². The largest absolute Gasteiger partial charge is 0.494 e. The molecule has 1 aliphatic rings. The Morgan fingerprint density at radius 1 is 1.36 bits per heavy atom. The first-order valence-corrected chi connectivity index (χ1v) is 10.0. The van der Waals surface area contributed by atoms with E-state index in [-0.39, 0.29) is 24.0 Å². The molecular formula is C18H26ClNO4S. The molecule has 1 fully saturated rings. The molecule has 0 radical (unpaired) electrons. The van der Waals surface area contributed by atoms with Crippen molar-refractivity contribution in [2.75, 3.05) is 19.1 Å². The van der Waals surface area contributed by atoms with Crippen LogP contribution in [-0.2, 0) is 26.7 Å². The molecule has 7 heteroatoms. The average Bonchev–Trinajstić information content (AvgIpc) is 2.88. The first kappa shape index (κ1) is 20.2. The highest BCUT2D eigenvalue weighted by Gasteiger charge is 2.37. The predicted octanol–water partition coefficient (Wildman–Crippen LogP) is 3.48. The van der Waals surface area contributed by atoms with E-state index in [0.717, 1.165) is 17.7 Å². The van der Waals surface area contributed by atoms with Crippen LogP contribution in [0.2, 0.25) is 0 Å². The van der Waals surface area contributed by atoms with Gasteiger partial charge in [0.2, 0.25) is 5.91 Å². The number of nitrogens with zero attached hydrogens (tertiary/aromatic N) is 1. The Morgan fingerprint density at radius 2 is 2.04 bits per heavy atom. The van der Waals surface area contributed by atoms with Crippen molar-refractivity contribution in [1.82, 2.24) is 4.31 Å². The number of ether oxygens (including phenoxy) is 1. The fourth-order valence-electron chi connectivity index (χ4n) is 2.58. The van der Waals surface area contributed by atoms with Gasteiger partial charge in [0.05, 0.1) is 19.3 Å². The molecular weight excluding hydrogens is 362 g/mol. The number of hydrogen-bond acceptors (Lipinski definition) is 4. The number of carbonyl (C=O) groups is 1. The van der Waals surface area contributed by atoms with E-state index in [9.17, 15) is 9.00 Å². The number of carbonyl (C=O) groups excluding carboxylic acids is 1. The summed E-state index contributed by atoms with van der Waals surface area (Å²) in [5.41, 5.74) is 0.891. The predicted molar refractivity (Wildman–Crippen MR) is 99.8 cm³/mol. The highest BCUT2D eigenvalue weighted by Crippen LogP contribution is 2.26. The minimum Gasteiger partial charge on any atom is -0.494 e. The van der Waals surface area contributed by atoms with E-state index in [1.165, 1.54) is 4.31 Å². The van der Waals surface area contributed by atoms with Crippen molar-refractivity contribution in [3.63, 3.8) is 0 Å². The summed E-state index contributed by atoms with van der Waals surface area (Å²) < 4.78 is 24.2. The summed E-state index contributed by atoms with van der Waals surface area (Å²) in [5.74, 6) is 1.24. The molecule has 2 rings (SSSR count). The van der Waals surface area contributed by atoms with Crippen molar-refractivity contribution < 1.29 is 17.9 Å². The van der Waals surface area contributed by atoms with Gasteiger partial charge < -0.3 is 4.74 Å². The lowest BCUT2D eigenvalue weighted by Crippen LogP contribution is -2.39. The Morgan fingerprint density at radius 3 is 2.64 bits per heavy atom. The van der Waals surface area contributed by atoms with E-state index >= 15 is 0 Å². The van der Waals surface area contributed by atoms with Crippen LogP contribution in [0.3, 0.4) is 0 Å². The molecule has 0 bridgehead atoms. The van der Waals surface area contributed by atoms with Crippen LogP contribution in [0.25, 0.3) is 0 Å². The second-order valence-electron chi connectivity index (χ2n) is 7.35. The van der Waals surface area contributed by atoms with Crippen LogP contribution in [0.1, 0.15) is 39.2 Å². The van der Waals surface area contributed by atoms with Gasteiger partial charge in [-0.25, -0.2) is 8.51 Å². The molecule has 1 unspecified atom stereocenters. The minimum atomic E-state index is -1.69. The molecule has 25 heavy (non-hydrogen) atoms. The van der Waals surface area contributed by atoms with Crippen molar-refractivity contribution in [2.45, 2.75) is 46.1 Å². The molecule has 1 heterocycles. The highest BCUT2D eigenvalue weighted by atomic mass is 35.5. The molecule has 140 valence electrons. The quantitative estimate of drug-likeness (QED) is 0.531. The fraction of sp³-hybridized carbons (Fsp3) is 0.611. The Balaban J connectivity index is 1.98. The van der Waals surface area contributed by atoms with Crippen molar-refractivity contribution in [1.29, 1.82) is 0 Å². The molecule has 0 saturated carbocycles. The van der Waals surface area contributed by atoms with Crippen molar-refractivity contribution >= 4 is 28.8 Å². The van der Waals surface area contributed by atoms with Gasteiger partial charge in [-0.2, -0.15) is 0 Å². The van der Waals surface area contributed by atoms with Gasteiger partial charge in [0, 0.05) is 12.3 Å². The molecule has 5 nitrogen and oxygen atoms in total. The maximum atomic E-state index is 12.5. The molecule has 1 saturated heterocycles. The SMILES string of the molecule is CC(C)(C)CC(=O)N1[C@@H](Cc2ccc(OCCCCl)cc2)COS1=O. The Kier molecular flexibility index (Phi) is 7.28. The first-order chi connectivity index (χ1) is 11.8. The van der Waals surface area contributed by atoms with Gasteiger partial charge in [0.1, 0.15) is 5.75 Å². The van der Waals surface area contributed by atoms with E-state index in [4.69, 9.17) is 20.5 Å². The first-order valence-electron chi connectivity index (χ1n) is 8.45. The second kappa shape index (κ2) is 9.01. The smallest absolute Gasteiger partial charge is 0.267 e. The van der Waals surface area contributed by atoms with Gasteiger partial charge in [0.15, 0.2) is 0 Å². The van der Waals surface area contributed by atoms with Gasteiger partial charge >= 0.3 is 0 Å². The lowest BCUT2D eigenvalue weighted by molar-refractivity contribution is -0.129. The number of rotatable bonds is 7. The lowest BCUT2D eigenvalue weighted by Gasteiger charge is -2.24. The van der Waals surface area contributed by atoms with Crippen molar-refractivity contribution in [3.05, 3.63) is 29.8 Å². The maximum absolute atomic E-state index is 12.5. The molecule has 0 aromatic heterocycles. The van der Waals surface area contributed by atoms with Gasteiger partial charge in [0.25, 0.3) is 11.3 Å². The van der Waals surface area contributed by atoms with E-state index < -0.39 is 11.3 Å². The average molecular weight is 388 g/mol. The molecule has 1 aliphatic heterocycles. The van der Waals surface area contributed by atoms with E-state index in [2.05, 4.69) is 0 Å². The number of halogens is 1. The van der Waals surface area contributed by atoms with E-state index in [1.807, 2.05) is 45.0 Å². The normalized spacial score (nSPS) is 20.7. The Bertz CT molecular complexity index is 600. The Labute approximate surface area is 157 Å². The number of hydrogen-bond donors (Lipinski definition) is 0. The third kappa shape index (κ3) is 6.28. The zero-order valence-electron chi connectivity index (χ0n) is 15.0. The molecule has 0 N–H and O–H groups in total.